The molecule has 0 aliphatic carbocycles. The van der Waals surface area contributed by atoms with Crippen molar-refractivity contribution in [2.24, 2.45) is 0 Å². The molecule has 0 aromatic heterocycles. The number of halogens is 1. The van der Waals surface area contributed by atoms with Gasteiger partial charge in [-0.1, -0.05) is 19.9 Å². The predicted octanol–water partition coefficient (Wildman–Crippen LogP) is 3.91. The van der Waals surface area contributed by atoms with E-state index >= 15 is 0 Å². The highest BCUT2D eigenvalue weighted by atomic mass is 32.2. The van der Waals surface area contributed by atoms with Gasteiger partial charge in [0.15, 0.2) is 0 Å². The van der Waals surface area contributed by atoms with E-state index in [1.807, 2.05) is 26.0 Å². The molecule has 0 bridgehead atoms. The van der Waals surface area contributed by atoms with Crippen LogP contribution in [-0.2, 0) is 14.8 Å². The summed E-state index contributed by atoms with van der Waals surface area (Å²) in [5.74, 6) is -0.0430. The van der Waals surface area contributed by atoms with Gasteiger partial charge >= 0.3 is 0 Å². The number of ether oxygens (including phenoxy) is 1. The van der Waals surface area contributed by atoms with E-state index in [4.69, 9.17) is 4.74 Å². The maximum Gasteiger partial charge on any atom is 0.241 e. The molecule has 0 spiro atoms. The van der Waals surface area contributed by atoms with Crippen LogP contribution in [0.15, 0.2) is 36.4 Å². The number of amides is 1. The summed E-state index contributed by atoms with van der Waals surface area (Å²) >= 11 is 0. The van der Waals surface area contributed by atoms with Crippen molar-refractivity contribution < 1.29 is 22.3 Å². The third-order valence-electron chi connectivity index (χ3n) is 4.87. The molecule has 0 saturated carbocycles. The van der Waals surface area contributed by atoms with Crippen molar-refractivity contribution in [3.8, 4) is 5.75 Å². The summed E-state index contributed by atoms with van der Waals surface area (Å²) in [6.07, 6.45) is 0.983. The molecule has 8 heteroatoms. The molecule has 0 saturated heterocycles. The maximum absolute atomic E-state index is 13.6. The zero-order valence-electron chi connectivity index (χ0n) is 18.2. The number of nitrogens with zero attached hydrogens (tertiary/aromatic N) is 1. The van der Waals surface area contributed by atoms with Crippen LogP contribution >= 0.6 is 0 Å². The Morgan fingerprint density at radius 1 is 1.17 bits per heavy atom. The number of sulfonamides is 1. The first-order chi connectivity index (χ1) is 13.9. The summed E-state index contributed by atoms with van der Waals surface area (Å²) in [5.41, 5.74) is 3.00. The summed E-state index contributed by atoms with van der Waals surface area (Å²) in [6.45, 7) is 7.44. The van der Waals surface area contributed by atoms with Crippen LogP contribution in [-0.4, -0.2) is 34.2 Å². The van der Waals surface area contributed by atoms with Gasteiger partial charge in [-0.25, -0.2) is 12.8 Å². The Morgan fingerprint density at radius 3 is 2.37 bits per heavy atom. The number of carbonyl (C=O) groups is 1. The van der Waals surface area contributed by atoms with Gasteiger partial charge in [0, 0.05) is 0 Å². The van der Waals surface area contributed by atoms with E-state index in [1.165, 1.54) is 18.2 Å². The Bertz CT molecular complexity index is 1020. The Morgan fingerprint density at radius 2 is 1.83 bits per heavy atom. The van der Waals surface area contributed by atoms with Crippen LogP contribution in [0.25, 0.3) is 0 Å². The van der Waals surface area contributed by atoms with Gasteiger partial charge in [0.1, 0.15) is 18.1 Å². The van der Waals surface area contributed by atoms with E-state index in [9.17, 15) is 17.6 Å². The van der Waals surface area contributed by atoms with Crippen LogP contribution < -0.4 is 14.4 Å². The average Bonchev–Trinajstić information content (AvgIpc) is 2.64. The molecule has 0 fully saturated rings. The van der Waals surface area contributed by atoms with Gasteiger partial charge in [0.05, 0.1) is 25.1 Å². The Kier molecular flexibility index (Phi) is 7.47. The van der Waals surface area contributed by atoms with Crippen LogP contribution in [0.3, 0.4) is 0 Å². The lowest BCUT2D eigenvalue weighted by atomic mass is 9.93. The van der Waals surface area contributed by atoms with Crippen molar-refractivity contribution in [1.82, 2.24) is 5.32 Å². The van der Waals surface area contributed by atoms with E-state index in [1.54, 1.807) is 7.11 Å². The third kappa shape index (κ3) is 5.72. The summed E-state index contributed by atoms with van der Waals surface area (Å²) in [6, 6.07) is 8.73. The first-order valence-electron chi connectivity index (χ1n) is 9.65. The van der Waals surface area contributed by atoms with Crippen LogP contribution in [0.1, 0.15) is 49.4 Å². The summed E-state index contributed by atoms with van der Waals surface area (Å²) in [5, 5.41) is 2.85. The standard InChI is InChI=1S/C22H29FN2O4S/c1-14(2)19-12-20(15(3)10-21(19)29-5)16(4)24-22(26)13-25(30(6,27)28)18-9-7-8-17(23)11-18/h7-12,14,16H,13H2,1-6H3,(H,24,26)/t16-/m1/s1. The number of rotatable bonds is 8. The fourth-order valence-corrected chi connectivity index (χ4v) is 4.19. The predicted molar refractivity (Wildman–Crippen MR) is 117 cm³/mol. The fraction of sp³-hybridized carbons (Fsp3) is 0.409. The normalized spacial score (nSPS) is 12.5. The number of nitrogens with one attached hydrogen (secondary N) is 1. The molecule has 2 aromatic carbocycles. The molecule has 0 unspecified atom stereocenters. The summed E-state index contributed by atoms with van der Waals surface area (Å²) in [4.78, 5) is 12.7. The second-order valence-electron chi connectivity index (χ2n) is 7.64. The molecule has 2 aromatic rings. The second-order valence-corrected chi connectivity index (χ2v) is 9.55. The van der Waals surface area contributed by atoms with E-state index in [0.717, 1.165) is 39.1 Å². The summed E-state index contributed by atoms with van der Waals surface area (Å²) in [7, 11) is -2.15. The number of hydrogen-bond acceptors (Lipinski definition) is 4. The topological polar surface area (TPSA) is 75.7 Å². The van der Waals surface area contributed by atoms with E-state index in [2.05, 4.69) is 19.2 Å². The minimum atomic E-state index is -3.78. The SMILES string of the molecule is COc1cc(C)c([C@@H](C)NC(=O)CN(c2cccc(F)c2)S(C)(=O)=O)cc1C(C)C. The lowest BCUT2D eigenvalue weighted by Crippen LogP contribution is -2.41. The molecule has 164 valence electrons. The van der Waals surface area contributed by atoms with Gasteiger partial charge in [0.25, 0.3) is 0 Å². The molecule has 30 heavy (non-hydrogen) atoms. The molecule has 0 heterocycles. The van der Waals surface area contributed by atoms with Crippen LogP contribution in [0.5, 0.6) is 5.75 Å². The first kappa shape index (κ1) is 23.7. The number of anilines is 1. The van der Waals surface area contributed by atoms with Crippen molar-refractivity contribution in [2.75, 3.05) is 24.2 Å². The van der Waals surface area contributed by atoms with Gasteiger partial charge < -0.3 is 10.1 Å². The van der Waals surface area contributed by atoms with E-state index in [0.29, 0.717) is 0 Å². The van der Waals surface area contributed by atoms with Gasteiger partial charge in [0.2, 0.25) is 15.9 Å². The Balaban J connectivity index is 2.25. The lowest BCUT2D eigenvalue weighted by Gasteiger charge is -2.24. The van der Waals surface area contributed by atoms with Crippen molar-refractivity contribution >= 4 is 21.6 Å². The molecule has 0 aliphatic heterocycles. The zero-order valence-corrected chi connectivity index (χ0v) is 19.0. The molecule has 1 atom stereocenters. The Hall–Kier alpha value is -2.61. The zero-order chi connectivity index (χ0) is 22.6. The van der Waals surface area contributed by atoms with Gasteiger partial charge in [-0.3, -0.25) is 9.10 Å². The highest BCUT2D eigenvalue weighted by molar-refractivity contribution is 7.92. The fourth-order valence-electron chi connectivity index (χ4n) is 3.34. The number of hydrogen-bond donors (Lipinski definition) is 1. The quantitative estimate of drug-likeness (QED) is 0.681. The average molecular weight is 437 g/mol. The van der Waals surface area contributed by atoms with Crippen molar-refractivity contribution in [3.63, 3.8) is 0 Å². The van der Waals surface area contributed by atoms with E-state index < -0.39 is 28.3 Å². The largest absolute Gasteiger partial charge is 0.496 e. The molecule has 6 nitrogen and oxygen atoms in total. The van der Waals surface area contributed by atoms with Crippen molar-refractivity contribution in [3.05, 3.63) is 58.9 Å². The van der Waals surface area contributed by atoms with Gasteiger partial charge in [-0.05, 0) is 66.8 Å². The molecule has 2 rings (SSSR count). The number of aryl methyl sites for hydroxylation is 1. The molecule has 0 radical (unpaired) electrons. The van der Waals surface area contributed by atoms with Gasteiger partial charge in [-0.15, -0.1) is 0 Å². The molecular formula is C22H29FN2O4S. The highest BCUT2D eigenvalue weighted by Crippen LogP contribution is 2.32. The number of carbonyl (C=O) groups excluding carboxylic acids is 1. The van der Waals surface area contributed by atoms with Crippen molar-refractivity contribution in [1.29, 1.82) is 0 Å². The lowest BCUT2D eigenvalue weighted by molar-refractivity contribution is -0.120. The Labute approximate surface area is 178 Å². The second kappa shape index (κ2) is 9.47. The molecular weight excluding hydrogens is 407 g/mol. The summed E-state index contributed by atoms with van der Waals surface area (Å²) < 4.78 is 44.3. The third-order valence-corrected chi connectivity index (χ3v) is 6.01. The van der Waals surface area contributed by atoms with Crippen LogP contribution in [0.2, 0.25) is 0 Å². The molecule has 0 aliphatic rings. The molecule has 1 amide bonds. The van der Waals surface area contributed by atoms with Crippen LogP contribution in [0, 0.1) is 12.7 Å². The monoisotopic (exact) mass is 436 g/mol. The minimum absolute atomic E-state index is 0.100. The number of methoxy groups -OCH3 is 1. The maximum atomic E-state index is 13.6. The molecule has 1 N–H and O–H groups in total. The van der Waals surface area contributed by atoms with Gasteiger partial charge in [-0.2, -0.15) is 0 Å². The van der Waals surface area contributed by atoms with Crippen LogP contribution in [0.4, 0.5) is 10.1 Å². The van der Waals surface area contributed by atoms with E-state index in [-0.39, 0.29) is 17.6 Å². The van der Waals surface area contributed by atoms with Crippen molar-refractivity contribution in [2.45, 2.75) is 39.7 Å². The first-order valence-corrected chi connectivity index (χ1v) is 11.5. The smallest absolute Gasteiger partial charge is 0.241 e. The highest BCUT2D eigenvalue weighted by Gasteiger charge is 2.23. The minimum Gasteiger partial charge on any atom is -0.496 e. The number of benzene rings is 2.